The van der Waals surface area contributed by atoms with E-state index in [0.717, 1.165) is 28.9 Å². The number of carbonyl (C=O) groups excluding carboxylic acids is 1. The van der Waals surface area contributed by atoms with Gasteiger partial charge in [0, 0.05) is 17.6 Å². The van der Waals surface area contributed by atoms with E-state index >= 15 is 0 Å². The van der Waals surface area contributed by atoms with E-state index in [1.165, 1.54) is 24.2 Å². The lowest BCUT2D eigenvalue weighted by atomic mass is 10.1. The summed E-state index contributed by atoms with van der Waals surface area (Å²) >= 11 is 4.89. The van der Waals surface area contributed by atoms with E-state index in [1.807, 2.05) is 18.5 Å². The Morgan fingerprint density at radius 3 is 3.06 bits per heavy atom. The van der Waals surface area contributed by atoms with Gasteiger partial charge >= 0.3 is 0 Å². The minimum absolute atomic E-state index is 0.176. The van der Waals surface area contributed by atoms with Crippen molar-refractivity contribution in [3.8, 4) is 0 Å². The van der Waals surface area contributed by atoms with Crippen molar-refractivity contribution in [1.29, 1.82) is 0 Å². The van der Waals surface area contributed by atoms with Crippen LogP contribution >= 0.6 is 27.3 Å². The van der Waals surface area contributed by atoms with Crippen LogP contribution in [0.5, 0.6) is 0 Å². The monoisotopic (exact) mass is 331 g/mol. The van der Waals surface area contributed by atoms with Gasteiger partial charge in [-0.25, -0.2) is 0 Å². The maximum Gasteiger partial charge on any atom is 0.187 e. The summed E-state index contributed by atoms with van der Waals surface area (Å²) in [6.45, 7) is 2.16. The van der Waals surface area contributed by atoms with Crippen LogP contribution in [0, 0.1) is 0 Å². The molecule has 18 heavy (non-hydrogen) atoms. The molecule has 1 fully saturated rings. The van der Waals surface area contributed by atoms with Crippen LogP contribution in [0.4, 0.5) is 0 Å². The lowest BCUT2D eigenvalue weighted by molar-refractivity contribution is -0.000653. The van der Waals surface area contributed by atoms with Gasteiger partial charge in [0.05, 0.1) is 17.5 Å². The first kappa shape index (κ1) is 14.2. The Labute approximate surface area is 120 Å². The molecule has 3 nitrogen and oxygen atoms in total. The largest absolute Gasteiger partial charge is 0.377 e. The molecule has 2 rings (SSSR count). The molecule has 0 aromatic carbocycles. The van der Waals surface area contributed by atoms with Crippen LogP contribution in [-0.2, 0) is 4.74 Å². The van der Waals surface area contributed by atoms with Crippen LogP contribution in [0.2, 0.25) is 0 Å². The number of rotatable bonds is 5. The number of ether oxygens (including phenoxy) is 1. The van der Waals surface area contributed by atoms with Crippen molar-refractivity contribution in [1.82, 2.24) is 4.90 Å². The van der Waals surface area contributed by atoms with E-state index in [2.05, 4.69) is 20.8 Å². The molecular weight excluding hydrogens is 314 g/mol. The number of likely N-dealkylation sites (N-methyl/N-ethyl adjacent to an activating group) is 1. The molecular formula is C13H18BrNO2S. The van der Waals surface area contributed by atoms with Gasteiger partial charge < -0.3 is 4.74 Å². The highest BCUT2D eigenvalue weighted by molar-refractivity contribution is 9.10. The SMILES string of the molecule is CN(CC(=O)c1sccc1Br)CC1CCCCO1. The maximum atomic E-state index is 12.1. The second-order valence-electron chi connectivity index (χ2n) is 4.71. The molecule has 0 spiro atoms. The minimum Gasteiger partial charge on any atom is -0.377 e. The van der Waals surface area contributed by atoms with E-state index in [0.29, 0.717) is 12.6 Å². The maximum absolute atomic E-state index is 12.1. The number of hydrogen-bond donors (Lipinski definition) is 0. The molecule has 0 saturated carbocycles. The molecule has 1 saturated heterocycles. The zero-order valence-corrected chi connectivity index (χ0v) is 12.9. The topological polar surface area (TPSA) is 29.5 Å². The van der Waals surface area contributed by atoms with Crippen LogP contribution in [-0.4, -0.2) is 43.5 Å². The molecule has 2 heterocycles. The van der Waals surface area contributed by atoms with Gasteiger partial charge in [-0.3, -0.25) is 9.69 Å². The summed E-state index contributed by atoms with van der Waals surface area (Å²) in [5.41, 5.74) is 0. The van der Waals surface area contributed by atoms with E-state index < -0.39 is 0 Å². The van der Waals surface area contributed by atoms with Crippen molar-refractivity contribution in [2.24, 2.45) is 0 Å². The van der Waals surface area contributed by atoms with E-state index in [1.54, 1.807) is 0 Å². The predicted molar refractivity (Wildman–Crippen MR) is 77.4 cm³/mol. The average molecular weight is 332 g/mol. The molecule has 1 atom stereocenters. The molecule has 1 aliphatic rings. The molecule has 0 N–H and O–H groups in total. The van der Waals surface area contributed by atoms with Crippen LogP contribution in [0.3, 0.4) is 0 Å². The fourth-order valence-electron chi connectivity index (χ4n) is 2.17. The molecule has 5 heteroatoms. The van der Waals surface area contributed by atoms with Gasteiger partial charge in [-0.1, -0.05) is 0 Å². The first-order valence-electron chi connectivity index (χ1n) is 6.23. The van der Waals surface area contributed by atoms with Crippen molar-refractivity contribution in [3.05, 3.63) is 20.8 Å². The van der Waals surface area contributed by atoms with E-state index in [9.17, 15) is 4.79 Å². The molecule has 1 aliphatic heterocycles. The van der Waals surface area contributed by atoms with Crippen molar-refractivity contribution in [2.75, 3.05) is 26.7 Å². The zero-order chi connectivity index (χ0) is 13.0. The molecule has 1 aromatic rings. The Hall–Kier alpha value is -0.230. The van der Waals surface area contributed by atoms with Gasteiger partial charge in [0.2, 0.25) is 0 Å². The van der Waals surface area contributed by atoms with Crippen LogP contribution in [0.1, 0.15) is 28.9 Å². The van der Waals surface area contributed by atoms with Crippen molar-refractivity contribution >= 4 is 33.0 Å². The number of hydrogen-bond acceptors (Lipinski definition) is 4. The molecule has 1 aromatic heterocycles. The summed E-state index contributed by atoms with van der Waals surface area (Å²) in [5, 5.41) is 1.93. The normalized spacial score (nSPS) is 20.3. The Morgan fingerprint density at radius 1 is 1.61 bits per heavy atom. The highest BCUT2D eigenvalue weighted by Gasteiger charge is 2.19. The van der Waals surface area contributed by atoms with Crippen molar-refractivity contribution in [3.63, 3.8) is 0 Å². The number of ketones is 1. The fraction of sp³-hybridized carbons (Fsp3) is 0.615. The number of Topliss-reactive ketones (excluding diaryl/α,β-unsaturated/α-hetero) is 1. The van der Waals surface area contributed by atoms with Crippen molar-refractivity contribution < 1.29 is 9.53 Å². The highest BCUT2D eigenvalue weighted by Crippen LogP contribution is 2.23. The van der Waals surface area contributed by atoms with Crippen molar-refractivity contribution in [2.45, 2.75) is 25.4 Å². The number of carbonyl (C=O) groups is 1. The molecule has 100 valence electrons. The average Bonchev–Trinajstić information content (AvgIpc) is 2.76. The number of halogens is 1. The third kappa shape index (κ3) is 3.88. The van der Waals surface area contributed by atoms with Crippen LogP contribution in [0.15, 0.2) is 15.9 Å². The molecule has 0 amide bonds. The molecule has 0 bridgehead atoms. The Kier molecular flexibility index (Phi) is 5.36. The smallest absolute Gasteiger partial charge is 0.187 e. The second-order valence-corrected chi connectivity index (χ2v) is 6.48. The minimum atomic E-state index is 0.176. The van der Waals surface area contributed by atoms with E-state index in [4.69, 9.17) is 4.74 Å². The highest BCUT2D eigenvalue weighted by atomic mass is 79.9. The molecule has 1 unspecified atom stereocenters. The van der Waals surface area contributed by atoms with Crippen LogP contribution in [0.25, 0.3) is 0 Å². The quantitative estimate of drug-likeness (QED) is 0.776. The summed E-state index contributed by atoms with van der Waals surface area (Å²) in [4.78, 5) is 14.9. The van der Waals surface area contributed by atoms with Gasteiger partial charge in [0.1, 0.15) is 0 Å². The number of nitrogens with zero attached hydrogens (tertiary/aromatic N) is 1. The summed E-state index contributed by atoms with van der Waals surface area (Å²) < 4.78 is 6.59. The molecule has 0 radical (unpaired) electrons. The van der Waals surface area contributed by atoms with E-state index in [-0.39, 0.29) is 5.78 Å². The van der Waals surface area contributed by atoms with Gasteiger partial charge in [-0.05, 0) is 53.7 Å². The Balaban J connectivity index is 1.81. The zero-order valence-electron chi connectivity index (χ0n) is 10.5. The summed E-state index contributed by atoms with van der Waals surface area (Å²) in [6.07, 6.45) is 3.81. The predicted octanol–water partition coefficient (Wildman–Crippen LogP) is 3.19. The van der Waals surface area contributed by atoms with Gasteiger partial charge in [0.25, 0.3) is 0 Å². The van der Waals surface area contributed by atoms with Gasteiger partial charge in [-0.2, -0.15) is 0 Å². The Bertz CT molecular complexity index is 401. The Morgan fingerprint density at radius 2 is 2.44 bits per heavy atom. The third-order valence-electron chi connectivity index (χ3n) is 3.07. The third-order valence-corrected chi connectivity index (χ3v) is 4.95. The first-order valence-corrected chi connectivity index (χ1v) is 7.90. The number of thiophene rings is 1. The van der Waals surface area contributed by atoms with Crippen LogP contribution < -0.4 is 0 Å². The standard InChI is InChI=1S/C13H18BrNO2S/c1-15(8-10-4-2-3-6-17-10)9-12(16)13-11(14)5-7-18-13/h5,7,10H,2-4,6,8-9H2,1H3. The second kappa shape index (κ2) is 6.80. The summed E-state index contributed by atoms with van der Waals surface area (Å²) in [6, 6.07) is 1.92. The lowest BCUT2D eigenvalue weighted by Crippen LogP contribution is -2.36. The van der Waals surface area contributed by atoms with Gasteiger partial charge in [-0.15, -0.1) is 11.3 Å². The summed E-state index contributed by atoms with van der Waals surface area (Å²) in [7, 11) is 1.98. The van der Waals surface area contributed by atoms with Gasteiger partial charge in [0.15, 0.2) is 5.78 Å². The lowest BCUT2D eigenvalue weighted by Gasteiger charge is -2.26. The fourth-order valence-corrected chi connectivity index (χ4v) is 3.70. The first-order chi connectivity index (χ1) is 8.66. The molecule has 0 aliphatic carbocycles. The summed E-state index contributed by atoms with van der Waals surface area (Å²) in [5.74, 6) is 0.176.